The Bertz CT molecular complexity index is 609. The van der Waals surface area contributed by atoms with Crippen molar-refractivity contribution in [1.82, 2.24) is 0 Å². The van der Waals surface area contributed by atoms with Crippen molar-refractivity contribution in [3.63, 3.8) is 0 Å². The molecular formula is C16H18N2O3S. The Kier molecular flexibility index (Phi) is 6.12. The van der Waals surface area contributed by atoms with Crippen LogP contribution in [0.25, 0.3) is 0 Å². The monoisotopic (exact) mass is 318 g/mol. The van der Waals surface area contributed by atoms with Gasteiger partial charge in [-0.3, -0.25) is 9.59 Å². The SMILES string of the molecule is NCCOc1ccc(NC(=O)CCC(=O)c2cccs2)cc1. The second-order valence-electron chi connectivity index (χ2n) is 4.61. The topological polar surface area (TPSA) is 81.4 Å². The van der Waals surface area contributed by atoms with Gasteiger partial charge in [-0.2, -0.15) is 0 Å². The van der Waals surface area contributed by atoms with E-state index in [0.29, 0.717) is 29.5 Å². The fourth-order valence-corrected chi connectivity index (χ4v) is 2.52. The molecule has 22 heavy (non-hydrogen) atoms. The lowest BCUT2D eigenvalue weighted by molar-refractivity contribution is -0.116. The fourth-order valence-electron chi connectivity index (χ4n) is 1.82. The second-order valence-corrected chi connectivity index (χ2v) is 5.56. The number of Topliss-reactive ketones (excluding diaryl/α,β-unsaturated/α-hetero) is 1. The van der Waals surface area contributed by atoms with Gasteiger partial charge in [-0.15, -0.1) is 11.3 Å². The van der Waals surface area contributed by atoms with Crippen molar-refractivity contribution in [1.29, 1.82) is 0 Å². The zero-order chi connectivity index (χ0) is 15.8. The first kappa shape index (κ1) is 16.2. The van der Waals surface area contributed by atoms with Gasteiger partial charge in [0.1, 0.15) is 12.4 Å². The summed E-state index contributed by atoms with van der Waals surface area (Å²) in [7, 11) is 0. The zero-order valence-corrected chi connectivity index (χ0v) is 12.9. The first-order chi connectivity index (χ1) is 10.7. The highest BCUT2D eigenvalue weighted by atomic mass is 32.1. The Morgan fingerprint density at radius 1 is 1.14 bits per heavy atom. The quantitative estimate of drug-likeness (QED) is 0.733. The molecule has 0 fully saturated rings. The predicted octanol–water partition coefficient (Wildman–Crippen LogP) is 2.69. The average molecular weight is 318 g/mol. The number of carbonyl (C=O) groups excluding carboxylic acids is 2. The van der Waals surface area contributed by atoms with E-state index in [1.807, 2.05) is 11.4 Å². The molecule has 0 radical (unpaired) electrons. The maximum atomic E-state index is 11.8. The van der Waals surface area contributed by atoms with Crippen LogP contribution in [-0.4, -0.2) is 24.8 Å². The van der Waals surface area contributed by atoms with Gasteiger partial charge in [-0.1, -0.05) is 6.07 Å². The molecule has 6 heteroatoms. The van der Waals surface area contributed by atoms with Gasteiger partial charge >= 0.3 is 0 Å². The van der Waals surface area contributed by atoms with Crippen LogP contribution in [0.2, 0.25) is 0 Å². The number of hydrogen-bond donors (Lipinski definition) is 2. The van der Waals surface area contributed by atoms with E-state index < -0.39 is 0 Å². The molecule has 0 aliphatic heterocycles. The van der Waals surface area contributed by atoms with Crippen LogP contribution < -0.4 is 15.8 Å². The molecular weight excluding hydrogens is 300 g/mol. The second kappa shape index (κ2) is 8.31. The van der Waals surface area contributed by atoms with E-state index in [1.54, 1.807) is 30.3 Å². The van der Waals surface area contributed by atoms with Crippen molar-refractivity contribution in [3.05, 3.63) is 46.7 Å². The largest absolute Gasteiger partial charge is 0.492 e. The average Bonchev–Trinajstić information content (AvgIpc) is 3.06. The van der Waals surface area contributed by atoms with Crippen molar-refractivity contribution in [2.75, 3.05) is 18.5 Å². The van der Waals surface area contributed by atoms with E-state index >= 15 is 0 Å². The van der Waals surface area contributed by atoms with Crippen LogP contribution in [0.1, 0.15) is 22.5 Å². The number of ketones is 1. The first-order valence-corrected chi connectivity index (χ1v) is 7.86. The number of hydrogen-bond acceptors (Lipinski definition) is 5. The molecule has 0 bridgehead atoms. The molecule has 2 aromatic rings. The third kappa shape index (κ3) is 4.98. The molecule has 1 aromatic carbocycles. The van der Waals surface area contributed by atoms with Gasteiger partial charge in [0.2, 0.25) is 5.91 Å². The summed E-state index contributed by atoms with van der Waals surface area (Å²) in [6, 6.07) is 10.6. The molecule has 5 nitrogen and oxygen atoms in total. The third-order valence-corrected chi connectivity index (χ3v) is 3.81. The lowest BCUT2D eigenvalue weighted by atomic mass is 10.2. The van der Waals surface area contributed by atoms with Crippen LogP contribution in [0.15, 0.2) is 41.8 Å². The number of amides is 1. The lowest BCUT2D eigenvalue weighted by Gasteiger charge is -2.07. The molecule has 0 unspecified atom stereocenters. The summed E-state index contributed by atoms with van der Waals surface area (Å²) in [5, 5.41) is 4.61. The van der Waals surface area contributed by atoms with E-state index in [-0.39, 0.29) is 24.5 Å². The van der Waals surface area contributed by atoms with E-state index in [1.165, 1.54) is 11.3 Å². The van der Waals surface area contributed by atoms with Gasteiger partial charge in [0.25, 0.3) is 0 Å². The molecule has 1 heterocycles. The molecule has 0 atom stereocenters. The maximum Gasteiger partial charge on any atom is 0.224 e. The predicted molar refractivity (Wildman–Crippen MR) is 87.5 cm³/mol. The normalized spacial score (nSPS) is 10.2. The molecule has 0 saturated heterocycles. The zero-order valence-electron chi connectivity index (χ0n) is 12.1. The van der Waals surface area contributed by atoms with Gasteiger partial charge in [0.05, 0.1) is 4.88 Å². The summed E-state index contributed by atoms with van der Waals surface area (Å²) in [6.45, 7) is 0.910. The number of benzene rings is 1. The van der Waals surface area contributed by atoms with Crippen molar-refractivity contribution >= 4 is 28.7 Å². The van der Waals surface area contributed by atoms with Gasteiger partial charge in [-0.25, -0.2) is 0 Å². The Morgan fingerprint density at radius 2 is 1.91 bits per heavy atom. The van der Waals surface area contributed by atoms with Crippen LogP contribution >= 0.6 is 11.3 Å². The van der Waals surface area contributed by atoms with Crippen molar-refractivity contribution in [3.8, 4) is 5.75 Å². The molecule has 3 N–H and O–H groups in total. The van der Waals surface area contributed by atoms with Crippen LogP contribution in [0.3, 0.4) is 0 Å². The molecule has 0 aliphatic carbocycles. The number of nitrogens with two attached hydrogens (primary N) is 1. The Hall–Kier alpha value is -2.18. The highest BCUT2D eigenvalue weighted by Gasteiger charge is 2.10. The minimum atomic E-state index is -0.180. The fraction of sp³-hybridized carbons (Fsp3) is 0.250. The van der Waals surface area contributed by atoms with Crippen molar-refractivity contribution < 1.29 is 14.3 Å². The first-order valence-electron chi connectivity index (χ1n) is 6.98. The summed E-state index contributed by atoms with van der Waals surface area (Å²) in [5.74, 6) is 0.521. The van der Waals surface area contributed by atoms with E-state index in [4.69, 9.17) is 10.5 Å². The highest BCUT2D eigenvalue weighted by Crippen LogP contribution is 2.16. The van der Waals surface area contributed by atoms with Crippen LogP contribution in [0, 0.1) is 0 Å². The molecule has 1 aromatic heterocycles. The van der Waals surface area contributed by atoms with Gasteiger partial charge in [0, 0.05) is 25.1 Å². The Morgan fingerprint density at radius 3 is 2.55 bits per heavy atom. The van der Waals surface area contributed by atoms with Crippen molar-refractivity contribution in [2.45, 2.75) is 12.8 Å². The molecule has 0 aliphatic rings. The number of carbonyl (C=O) groups is 2. The van der Waals surface area contributed by atoms with Crippen LogP contribution in [-0.2, 0) is 4.79 Å². The smallest absolute Gasteiger partial charge is 0.224 e. The number of anilines is 1. The Balaban J connectivity index is 1.78. The summed E-state index contributed by atoms with van der Waals surface area (Å²) in [5.41, 5.74) is 6.03. The third-order valence-electron chi connectivity index (χ3n) is 2.90. The van der Waals surface area contributed by atoms with Gasteiger partial charge in [-0.05, 0) is 35.7 Å². The summed E-state index contributed by atoms with van der Waals surface area (Å²) in [4.78, 5) is 24.3. The molecule has 2 rings (SSSR count). The molecule has 1 amide bonds. The number of ether oxygens (including phenoxy) is 1. The summed E-state index contributed by atoms with van der Waals surface area (Å²) in [6.07, 6.45) is 0.381. The minimum Gasteiger partial charge on any atom is -0.492 e. The van der Waals surface area contributed by atoms with Crippen LogP contribution in [0.4, 0.5) is 5.69 Å². The number of rotatable bonds is 8. The van der Waals surface area contributed by atoms with Gasteiger partial charge < -0.3 is 15.8 Å². The summed E-state index contributed by atoms with van der Waals surface area (Å²) < 4.78 is 5.35. The Labute approximate surface area is 133 Å². The van der Waals surface area contributed by atoms with Crippen LogP contribution in [0.5, 0.6) is 5.75 Å². The summed E-state index contributed by atoms with van der Waals surface area (Å²) >= 11 is 1.39. The van der Waals surface area contributed by atoms with Crippen molar-refractivity contribution in [2.24, 2.45) is 5.73 Å². The molecule has 116 valence electrons. The highest BCUT2D eigenvalue weighted by molar-refractivity contribution is 7.12. The number of thiophene rings is 1. The number of nitrogens with one attached hydrogen (secondary N) is 1. The van der Waals surface area contributed by atoms with E-state index in [0.717, 1.165) is 0 Å². The van der Waals surface area contributed by atoms with E-state index in [2.05, 4.69) is 5.32 Å². The maximum absolute atomic E-state index is 11.8. The van der Waals surface area contributed by atoms with E-state index in [9.17, 15) is 9.59 Å². The molecule has 0 saturated carbocycles. The standard InChI is InChI=1S/C16H18N2O3S/c17-9-10-21-13-5-3-12(4-6-13)18-16(20)8-7-14(19)15-2-1-11-22-15/h1-6,11H,7-10,17H2,(H,18,20). The minimum absolute atomic E-state index is 0.00400. The van der Waals surface area contributed by atoms with Gasteiger partial charge in [0.15, 0.2) is 5.78 Å². The lowest BCUT2D eigenvalue weighted by Crippen LogP contribution is -2.13. The molecule has 0 spiro atoms.